The lowest BCUT2D eigenvalue weighted by Gasteiger charge is -2.06. The second kappa shape index (κ2) is 5.33. The third kappa shape index (κ3) is 2.96. The number of amides is 2. The lowest BCUT2D eigenvalue weighted by atomic mass is 10.2. The third-order valence-electron chi connectivity index (χ3n) is 1.97. The van der Waals surface area contributed by atoms with E-state index in [0.717, 1.165) is 6.07 Å². The third-order valence-corrected chi connectivity index (χ3v) is 1.97. The van der Waals surface area contributed by atoms with Gasteiger partial charge in [0.1, 0.15) is 0 Å². The highest BCUT2D eigenvalue weighted by molar-refractivity contribution is 5.96. The molecule has 0 aliphatic carbocycles. The van der Waals surface area contributed by atoms with Crippen LogP contribution in [0.2, 0.25) is 0 Å². The lowest BCUT2D eigenvalue weighted by molar-refractivity contribution is -0.119. The van der Waals surface area contributed by atoms with Crippen LogP contribution in [-0.2, 0) is 4.79 Å². The van der Waals surface area contributed by atoms with Gasteiger partial charge in [-0.15, -0.1) is 0 Å². The van der Waals surface area contributed by atoms with Gasteiger partial charge in [-0.2, -0.15) is 0 Å². The zero-order valence-electron chi connectivity index (χ0n) is 8.81. The highest BCUT2D eigenvalue weighted by Crippen LogP contribution is 2.14. The minimum absolute atomic E-state index is 0.381. The molecule has 0 aliphatic heterocycles. The Morgan fingerprint density at radius 2 is 1.82 bits per heavy atom. The van der Waals surface area contributed by atoms with E-state index in [1.807, 2.05) is 0 Å². The van der Waals surface area contributed by atoms with Gasteiger partial charge in [-0.25, -0.2) is 13.2 Å². The summed E-state index contributed by atoms with van der Waals surface area (Å²) in [5.41, 5.74) is -0.659. The van der Waals surface area contributed by atoms with Crippen LogP contribution in [0.1, 0.15) is 10.4 Å². The second-order valence-electron chi connectivity index (χ2n) is 3.08. The van der Waals surface area contributed by atoms with Gasteiger partial charge in [-0.3, -0.25) is 9.59 Å². The van der Waals surface area contributed by atoms with Crippen LogP contribution in [0.5, 0.6) is 0 Å². The summed E-state index contributed by atoms with van der Waals surface area (Å²) in [5.74, 6) is -6.19. The van der Waals surface area contributed by atoms with Gasteiger partial charge >= 0.3 is 0 Å². The number of hydrogen-bond acceptors (Lipinski definition) is 2. The summed E-state index contributed by atoms with van der Waals surface area (Å²) in [4.78, 5) is 22.1. The monoisotopic (exact) mass is 246 g/mol. The molecule has 7 heteroatoms. The van der Waals surface area contributed by atoms with E-state index in [0.29, 0.717) is 6.07 Å². The van der Waals surface area contributed by atoms with Crippen LogP contribution >= 0.6 is 0 Å². The summed E-state index contributed by atoms with van der Waals surface area (Å²) < 4.78 is 38.5. The standard InChI is InChI=1S/C10H9F3N2O2/c1-14-7(16)4-15-10(17)5-2-3-6(11)9(13)8(5)12/h2-3H,4H2,1H3,(H,14,16)(H,15,17). The van der Waals surface area contributed by atoms with E-state index in [-0.39, 0.29) is 6.54 Å². The Bertz CT molecular complexity index is 463. The molecule has 0 atom stereocenters. The van der Waals surface area contributed by atoms with Crippen LogP contribution in [0.15, 0.2) is 12.1 Å². The predicted octanol–water partition coefficient (Wildman–Crippen LogP) is 0.580. The molecule has 0 aliphatic rings. The summed E-state index contributed by atoms with van der Waals surface area (Å²) in [6.07, 6.45) is 0. The van der Waals surface area contributed by atoms with Gasteiger partial charge in [0, 0.05) is 7.05 Å². The molecule has 4 nitrogen and oxygen atoms in total. The Morgan fingerprint density at radius 1 is 1.18 bits per heavy atom. The molecule has 0 spiro atoms. The molecular formula is C10H9F3N2O2. The first kappa shape index (κ1) is 13.0. The number of hydrogen-bond donors (Lipinski definition) is 2. The maximum atomic E-state index is 13.1. The van der Waals surface area contributed by atoms with Crippen molar-refractivity contribution >= 4 is 11.8 Å². The molecule has 0 unspecified atom stereocenters. The fourth-order valence-electron chi connectivity index (χ4n) is 1.05. The number of benzene rings is 1. The molecule has 1 aromatic rings. The van der Waals surface area contributed by atoms with Crippen LogP contribution in [0.25, 0.3) is 0 Å². The average molecular weight is 246 g/mol. The first-order chi connectivity index (χ1) is 7.97. The fourth-order valence-corrected chi connectivity index (χ4v) is 1.05. The molecule has 1 rings (SSSR count). The predicted molar refractivity (Wildman–Crippen MR) is 52.7 cm³/mol. The zero-order valence-corrected chi connectivity index (χ0v) is 8.81. The molecular weight excluding hydrogens is 237 g/mol. The molecule has 0 fully saturated rings. The van der Waals surface area contributed by atoms with Crippen molar-refractivity contribution in [3.63, 3.8) is 0 Å². The van der Waals surface area contributed by atoms with Crippen molar-refractivity contribution in [3.8, 4) is 0 Å². The number of nitrogens with one attached hydrogen (secondary N) is 2. The summed E-state index contributed by atoms with van der Waals surface area (Å²) in [6, 6.07) is 1.43. The van der Waals surface area contributed by atoms with Crippen molar-refractivity contribution in [3.05, 3.63) is 35.1 Å². The van der Waals surface area contributed by atoms with Crippen LogP contribution in [0.4, 0.5) is 13.2 Å². The summed E-state index contributed by atoms with van der Waals surface area (Å²) in [7, 11) is 1.35. The molecule has 2 N–H and O–H groups in total. The summed E-state index contributed by atoms with van der Waals surface area (Å²) in [6.45, 7) is -0.381. The van der Waals surface area contributed by atoms with E-state index < -0.39 is 34.8 Å². The van der Waals surface area contributed by atoms with E-state index in [1.165, 1.54) is 7.05 Å². The number of carbonyl (C=O) groups excluding carboxylic acids is 2. The van der Waals surface area contributed by atoms with Crippen molar-refractivity contribution in [1.82, 2.24) is 10.6 Å². The fraction of sp³-hybridized carbons (Fsp3) is 0.200. The number of likely N-dealkylation sites (N-methyl/N-ethyl adjacent to an activating group) is 1. The molecule has 17 heavy (non-hydrogen) atoms. The summed E-state index contributed by atoms with van der Waals surface area (Å²) >= 11 is 0. The van der Waals surface area contributed by atoms with Crippen molar-refractivity contribution < 1.29 is 22.8 Å². The Morgan fingerprint density at radius 3 is 2.41 bits per heavy atom. The van der Waals surface area contributed by atoms with Crippen LogP contribution in [-0.4, -0.2) is 25.4 Å². The van der Waals surface area contributed by atoms with E-state index in [2.05, 4.69) is 10.6 Å². The topological polar surface area (TPSA) is 58.2 Å². The van der Waals surface area contributed by atoms with E-state index in [4.69, 9.17) is 0 Å². The number of rotatable bonds is 3. The molecule has 0 saturated carbocycles. The van der Waals surface area contributed by atoms with E-state index in [9.17, 15) is 22.8 Å². The van der Waals surface area contributed by atoms with Crippen LogP contribution in [0.3, 0.4) is 0 Å². The number of carbonyl (C=O) groups is 2. The Hall–Kier alpha value is -2.05. The minimum atomic E-state index is -1.72. The van der Waals surface area contributed by atoms with Gasteiger partial charge in [0.15, 0.2) is 17.5 Å². The van der Waals surface area contributed by atoms with Gasteiger partial charge in [0.2, 0.25) is 5.91 Å². The molecule has 2 amide bonds. The van der Waals surface area contributed by atoms with E-state index >= 15 is 0 Å². The largest absolute Gasteiger partial charge is 0.358 e. The highest BCUT2D eigenvalue weighted by atomic mass is 19.2. The maximum absolute atomic E-state index is 13.1. The van der Waals surface area contributed by atoms with Crippen molar-refractivity contribution in [2.45, 2.75) is 0 Å². The first-order valence-corrected chi connectivity index (χ1v) is 4.59. The SMILES string of the molecule is CNC(=O)CNC(=O)c1ccc(F)c(F)c1F. The quantitative estimate of drug-likeness (QED) is 0.766. The van der Waals surface area contributed by atoms with Crippen molar-refractivity contribution in [2.24, 2.45) is 0 Å². The van der Waals surface area contributed by atoms with Gasteiger partial charge in [0.05, 0.1) is 12.1 Å². The smallest absolute Gasteiger partial charge is 0.254 e. The minimum Gasteiger partial charge on any atom is -0.358 e. The Kier molecular flexibility index (Phi) is 4.08. The second-order valence-corrected chi connectivity index (χ2v) is 3.08. The molecule has 0 bridgehead atoms. The summed E-state index contributed by atoms with van der Waals surface area (Å²) in [5, 5.41) is 4.28. The molecule has 0 saturated heterocycles. The van der Waals surface area contributed by atoms with Crippen LogP contribution < -0.4 is 10.6 Å². The lowest BCUT2D eigenvalue weighted by Crippen LogP contribution is -2.35. The Balaban J connectivity index is 2.83. The molecule has 1 aromatic carbocycles. The average Bonchev–Trinajstić information content (AvgIpc) is 2.32. The van der Waals surface area contributed by atoms with Gasteiger partial charge in [-0.1, -0.05) is 0 Å². The maximum Gasteiger partial charge on any atom is 0.254 e. The van der Waals surface area contributed by atoms with Gasteiger partial charge in [0.25, 0.3) is 5.91 Å². The highest BCUT2D eigenvalue weighted by Gasteiger charge is 2.18. The van der Waals surface area contributed by atoms with Crippen molar-refractivity contribution in [1.29, 1.82) is 0 Å². The van der Waals surface area contributed by atoms with Gasteiger partial charge in [-0.05, 0) is 12.1 Å². The molecule has 0 radical (unpaired) electrons. The number of halogens is 3. The molecule has 0 heterocycles. The van der Waals surface area contributed by atoms with Crippen molar-refractivity contribution in [2.75, 3.05) is 13.6 Å². The zero-order chi connectivity index (χ0) is 13.0. The van der Waals surface area contributed by atoms with E-state index in [1.54, 1.807) is 0 Å². The van der Waals surface area contributed by atoms with Gasteiger partial charge < -0.3 is 10.6 Å². The normalized spacial score (nSPS) is 9.88. The molecule has 0 aromatic heterocycles. The Labute approximate surface area is 94.8 Å². The van der Waals surface area contributed by atoms with Crippen LogP contribution in [0, 0.1) is 17.5 Å². The first-order valence-electron chi connectivity index (χ1n) is 4.59. The molecule has 92 valence electrons.